The van der Waals surface area contributed by atoms with Crippen molar-refractivity contribution in [2.75, 3.05) is 7.11 Å². The van der Waals surface area contributed by atoms with Crippen LogP contribution in [0.3, 0.4) is 0 Å². The number of methoxy groups -OCH3 is 1. The largest absolute Gasteiger partial charge is 0.469 e. The van der Waals surface area contributed by atoms with E-state index in [1.807, 2.05) is 0 Å². The fraction of sp³-hybridized carbons (Fsp3) is 0.625. The fourth-order valence-electron chi connectivity index (χ4n) is 0.631. The maximum absolute atomic E-state index is 10.9. The number of Topliss-reactive ketones (excluding diaryl/α,β-unsaturated/α-hetero) is 2. The van der Waals surface area contributed by atoms with Gasteiger partial charge in [0.2, 0.25) is 0 Å². The molecule has 0 N–H and O–H groups in total. The van der Waals surface area contributed by atoms with Crippen molar-refractivity contribution in [3.05, 3.63) is 0 Å². The SMILES string of the molecule is COC(=O)CC(=O)CC(=O)C(C)Cl. The number of ether oxygens (including phenoxy) is 1. The van der Waals surface area contributed by atoms with Gasteiger partial charge in [0.15, 0.2) is 11.6 Å². The second-order valence-corrected chi connectivity index (χ2v) is 3.21. The van der Waals surface area contributed by atoms with E-state index in [-0.39, 0.29) is 18.6 Å². The van der Waals surface area contributed by atoms with Crippen molar-refractivity contribution in [1.82, 2.24) is 0 Å². The molecule has 0 aromatic rings. The molecule has 0 heterocycles. The molecule has 0 radical (unpaired) electrons. The minimum Gasteiger partial charge on any atom is -0.469 e. The maximum Gasteiger partial charge on any atom is 0.313 e. The first-order valence-corrected chi connectivity index (χ1v) is 4.16. The van der Waals surface area contributed by atoms with Crippen LogP contribution in [0, 0.1) is 0 Å². The number of carbonyl (C=O) groups is 3. The highest BCUT2D eigenvalue weighted by molar-refractivity contribution is 6.32. The van der Waals surface area contributed by atoms with Crippen LogP contribution >= 0.6 is 11.6 Å². The molecule has 0 aromatic heterocycles. The molecule has 0 aliphatic rings. The van der Waals surface area contributed by atoms with Gasteiger partial charge in [0.05, 0.1) is 18.9 Å². The molecule has 0 aromatic carbocycles. The molecule has 5 heteroatoms. The Hall–Kier alpha value is -0.900. The lowest BCUT2D eigenvalue weighted by Crippen LogP contribution is -2.18. The van der Waals surface area contributed by atoms with Gasteiger partial charge in [-0.2, -0.15) is 0 Å². The maximum atomic E-state index is 10.9. The van der Waals surface area contributed by atoms with Crippen molar-refractivity contribution in [1.29, 1.82) is 0 Å². The van der Waals surface area contributed by atoms with Crippen molar-refractivity contribution >= 4 is 29.1 Å². The van der Waals surface area contributed by atoms with Crippen LogP contribution in [-0.2, 0) is 19.1 Å². The van der Waals surface area contributed by atoms with Crippen molar-refractivity contribution in [2.24, 2.45) is 0 Å². The molecular formula is C8H11ClO4. The second-order valence-electron chi connectivity index (χ2n) is 2.55. The lowest BCUT2D eigenvalue weighted by atomic mass is 10.1. The summed E-state index contributed by atoms with van der Waals surface area (Å²) in [6.07, 6.45) is -0.675. The molecule has 13 heavy (non-hydrogen) atoms. The van der Waals surface area contributed by atoms with Gasteiger partial charge in [-0.1, -0.05) is 0 Å². The first kappa shape index (κ1) is 12.1. The molecule has 74 valence electrons. The number of rotatable bonds is 5. The summed E-state index contributed by atoms with van der Waals surface area (Å²) >= 11 is 5.42. The number of carbonyl (C=O) groups excluding carboxylic acids is 3. The van der Waals surface area contributed by atoms with Gasteiger partial charge in [-0.25, -0.2) is 0 Å². The number of alkyl halides is 1. The Morgan fingerprint density at radius 3 is 2.23 bits per heavy atom. The molecule has 1 unspecified atom stereocenters. The van der Waals surface area contributed by atoms with Gasteiger partial charge in [0, 0.05) is 0 Å². The lowest BCUT2D eigenvalue weighted by molar-refractivity contribution is -0.143. The topological polar surface area (TPSA) is 60.4 Å². The van der Waals surface area contributed by atoms with Crippen molar-refractivity contribution < 1.29 is 19.1 Å². The van der Waals surface area contributed by atoms with Crippen LogP contribution in [0.4, 0.5) is 0 Å². The van der Waals surface area contributed by atoms with Crippen LogP contribution in [0.5, 0.6) is 0 Å². The highest BCUT2D eigenvalue weighted by Gasteiger charge is 2.16. The Balaban J connectivity index is 3.88. The highest BCUT2D eigenvalue weighted by Crippen LogP contribution is 2.02. The minimum absolute atomic E-state index is 0.306. The molecular weight excluding hydrogens is 196 g/mol. The van der Waals surface area contributed by atoms with E-state index >= 15 is 0 Å². The third kappa shape index (κ3) is 5.36. The molecule has 0 rings (SSSR count). The number of esters is 1. The first-order valence-electron chi connectivity index (χ1n) is 3.72. The molecule has 1 atom stereocenters. The zero-order chi connectivity index (χ0) is 10.4. The minimum atomic E-state index is -0.693. The van der Waals surface area contributed by atoms with Crippen molar-refractivity contribution in [3.63, 3.8) is 0 Å². The summed E-state index contributed by atoms with van der Waals surface area (Å²) < 4.78 is 4.26. The number of halogens is 1. The van der Waals surface area contributed by atoms with Crippen LogP contribution in [-0.4, -0.2) is 30.0 Å². The Morgan fingerprint density at radius 1 is 1.31 bits per heavy atom. The Labute approximate surface area is 81.2 Å². The van der Waals surface area contributed by atoms with Crippen LogP contribution in [0.15, 0.2) is 0 Å². The molecule has 0 aliphatic heterocycles. The summed E-state index contributed by atoms with van der Waals surface area (Å²) in [6.45, 7) is 1.48. The molecule has 0 saturated carbocycles. The van der Waals surface area contributed by atoms with Crippen molar-refractivity contribution in [3.8, 4) is 0 Å². The summed E-state index contributed by atoms with van der Waals surface area (Å²) in [6, 6.07) is 0. The highest BCUT2D eigenvalue weighted by atomic mass is 35.5. The van der Waals surface area contributed by atoms with Gasteiger partial charge in [-0.05, 0) is 6.92 Å². The summed E-state index contributed by atoms with van der Waals surface area (Å²) in [5.41, 5.74) is 0. The summed E-state index contributed by atoms with van der Waals surface area (Å²) in [5.74, 6) is -1.49. The van der Waals surface area contributed by atoms with E-state index in [0.717, 1.165) is 0 Å². The predicted octanol–water partition coefficient (Wildman–Crippen LogP) is 0.705. The van der Waals surface area contributed by atoms with Gasteiger partial charge in [-0.15, -0.1) is 11.6 Å². The molecule has 0 bridgehead atoms. The summed E-state index contributed by atoms with van der Waals surface area (Å²) in [4.78, 5) is 32.5. The van der Waals surface area contributed by atoms with Crippen LogP contribution < -0.4 is 0 Å². The third-order valence-electron chi connectivity index (χ3n) is 1.38. The summed E-state index contributed by atoms with van der Waals surface area (Å²) in [5, 5.41) is -0.693. The average molecular weight is 207 g/mol. The van der Waals surface area contributed by atoms with E-state index in [2.05, 4.69) is 4.74 Å². The predicted molar refractivity (Wildman–Crippen MR) is 46.6 cm³/mol. The lowest BCUT2D eigenvalue weighted by Gasteiger charge is -2.00. The smallest absolute Gasteiger partial charge is 0.313 e. The normalized spacial score (nSPS) is 11.9. The molecule has 4 nitrogen and oxygen atoms in total. The van der Waals surface area contributed by atoms with E-state index in [1.54, 1.807) is 0 Å². The number of ketones is 2. The fourth-order valence-corrected chi connectivity index (χ4v) is 0.708. The number of hydrogen-bond donors (Lipinski definition) is 0. The van der Waals surface area contributed by atoms with Crippen molar-refractivity contribution in [2.45, 2.75) is 25.1 Å². The van der Waals surface area contributed by atoms with E-state index < -0.39 is 17.1 Å². The standard InChI is InChI=1S/C8H11ClO4/c1-5(9)7(11)3-6(10)4-8(12)13-2/h5H,3-4H2,1-2H3. The van der Waals surface area contributed by atoms with E-state index in [1.165, 1.54) is 14.0 Å². The van der Waals surface area contributed by atoms with Gasteiger partial charge < -0.3 is 4.74 Å². The van der Waals surface area contributed by atoms with E-state index in [9.17, 15) is 14.4 Å². The summed E-state index contributed by atoms with van der Waals surface area (Å²) in [7, 11) is 1.18. The third-order valence-corrected chi connectivity index (χ3v) is 1.63. The Kier molecular flexibility index (Phi) is 5.30. The zero-order valence-electron chi connectivity index (χ0n) is 7.50. The second kappa shape index (κ2) is 5.70. The molecule has 0 spiro atoms. The molecule has 0 aliphatic carbocycles. The quantitative estimate of drug-likeness (QED) is 0.378. The Morgan fingerprint density at radius 2 is 1.85 bits per heavy atom. The van der Waals surface area contributed by atoms with Gasteiger partial charge in [-0.3, -0.25) is 14.4 Å². The van der Waals surface area contributed by atoms with E-state index in [4.69, 9.17) is 11.6 Å². The average Bonchev–Trinajstić information content (AvgIpc) is 2.03. The molecule has 0 saturated heterocycles. The van der Waals surface area contributed by atoms with Gasteiger partial charge in [0.1, 0.15) is 6.42 Å². The van der Waals surface area contributed by atoms with Crippen LogP contribution in [0.2, 0.25) is 0 Å². The molecule has 0 fully saturated rings. The number of hydrogen-bond acceptors (Lipinski definition) is 4. The van der Waals surface area contributed by atoms with Crippen LogP contribution in [0.25, 0.3) is 0 Å². The Bertz CT molecular complexity index is 222. The first-order chi connectivity index (χ1) is 5.97. The van der Waals surface area contributed by atoms with Gasteiger partial charge in [0.25, 0.3) is 0 Å². The van der Waals surface area contributed by atoms with Gasteiger partial charge >= 0.3 is 5.97 Å². The zero-order valence-corrected chi connectivity index (χ0v) is 8.26. The monoisotopic (exact) mass is 206 g/mol. The molecule has 0 amide bonds. The van der Waals surface area contributed by atoms with E-state index in [0.29, 0.717) is 0 Å². The van der Waals surface area contributed by atoms with Crippen LogP contribution in [0.1, 0.15) is 19.8 Å².